The maximum atomic E-state index is 10.9. The third kappa shape index (κ3) is 2.31. The molecule has 68 valence electrons. The van der Waals surface area contributed by atoms with E-state index in [0.29, 0.717) is 0 Å². The molecule has 0 bridgehead atoms. The van der Waals surface area contributed by atoms with Crippen molar-refractivity contribution in [3.63, 3.8) is 0 Å². The summed E-state index contributed by atoms with van der Waals surface area (Å²) < 4.78 is 0. The highest BCUT2D eigenvalue weighted by molar-refractivity contribution is 5.88. The maximum absolute atomic E-state index is 10.9. The molecule has 1 N–H and O–H groups in total. The zero-order valence-electron chi connectivity index (χ0n) is 8.09. The number of aliphatic hydroxyl groups is 1. The molecule has 12 heavy (non-hydrogen) atoms. The van der Waals surface area contributed by atoms with Crippen LogP contribution in [0.15, 0.2) is 0 Å². The maximum Gasteiger partial charge on any atom is 0.145 e. The Labute approximate surface area is 75.0 Å². The normalized spacial score (nSPS) is 15.9. The van der Waals surface area contributed by atoms with E-state index in [1.165, 1.54) is 0 Å². The summed E-state index contributed by atoms with van der Waals surface area (Å²) in [4.78, 5) is 10.9. The molecule has 0 aliphatic rings. The van der Waals surface area contributed by atoms with Crippen molar-refractivity contribution in [1.82, 2.24) is 0 Å². The summed E-state index contributed by atoms with van der Waals surface area (Å²) in [5, 5.41) is 9.66. The van der Waals surface area contributed by atoms with Gasteiger partial charge in [0.25, 0.3) is 0 Å². The van der Waals surface area contributed by atoms with E-state index in [9.17, 15) is 9.90 Å². The Balaban J connectivity index is 4.69. The number of rotatable bonds is 3. The fraction of sp³-hybridized carbons (Fsp3) is 0.700. The first-order valence-electron chi connectivity index (χ1n) is 3.87. The second kappa shape index (κ2) is 3.17. The molecule has 0 aromatic carbocycles. The highest BCUT2D eigenvalue weighted by atomic mass is 16.3. The van der Waals surface area contributed by atoms with Gasteiger partial charge in [0, 0.05) is 6.92 Å². The van der Waals surface area contributed by atoms with E-state index in [2.05, 4.69) is 0 Å². The third-order valence-electron chi connectivity index (χ3n) is 2.02. The highest BCUT2D eigenvalue weighted by Crippen LogP contribution is 2.33. The summed E-state index contributed by atoms with van der Waals surface area (Å²) in [7, 11) is 0. The van der Waals surface area contributed by atoms with Crippen LogP contribution in [0, 0.1) is 24.7 Å². The zero-order chi connectivity index (χ0) is 10.2. The predicted octanol–water partition coefficient (Wildman–Crippen LogP) is 1.39. The van der Waals surface area contributed by atoms with Crippen LogP contribution in [0.3, 0.4) is 0 Å². The van der Waals surface area contributed by atoms with Crippen molar-refractivity contribution in [2.24, 2.45) is 10.8 Å². The summed E-state index contributed by atoms with van der Waals surface area (Å²) in [6.45, 7) is 17.2. The third-order valence-corrected chi connectivity index (χ3v) is 2.02. The fourth-order valence-corrected chi connectivity index (χ4v) is 1.06. The molecule has 0 aliphatic carbocycles. The van der Waals surface area contributed by atoms with Gasteiger partial charge in [-0.05, 0) is 12.3 Å². The van der Waals surface area contributed by atoms with Gasteiger partial charge in [-0.1, -0.05) is 27.7 Å². The molecule has 0 aromatic heterocycles. The Hall–Kier alpha value is -0.370. The van der Waals surface area contributed by atoms with Crippen LogP contribution in [0.5, 0.6) is 0 Å². The van der Waals surface area contributed by atoms with Gasteiger partial charge in [-0.15, -0.1) is 0 Å². The van der Waals surface area contributed by atoms with Crippen LogP contribution >= 0.6 is 0 Å². The summed E-state index contributed by atoms with van der Waals surface area (Å²) >= 11 is 0. The van der Waals surface area contributed by atoms with Crippen LogP contribution in [0.4, 0.5) is 0 Å². The van der Waals surface area contributed by atoms with Crippen molar-refractivity contribution < 1.29 is 9.90 Å². The van der Waals surface area contributed by atoms with Crippen molar-refractivity contribution in [2.75, 3.05) is 0 Å². The first-order valence-corrected chi connectivity index (χ1v) is 3.87. The SMILES string of the molecule is [CH]C(=O)C(C)(C)C(O)C([CH])(C)C. The van der Waals surface area contributed by atoms with Crippen LogP contribution in [0.2, 0.25) is 0 Å². The number of aliphatic hydroxyl groups excluding tert-OH is 1. The lowest BCUT2D eigenvalue weighted by molar-refractivity contribution is -0.132. The van der Waals surface area contributed by atoms with Crippen LogP contribution < -0.4 is 0 Å². The quantitative estimate of drug-likeness (QED) is 0.691. The van der Waals surface area contributed by atoms with Gasteiger partial charge in [0.05, 0.1) is 11.5 Å². The minimum atomic E-state index is -0.988. The van der Waals surface area contributed by atoms with E-state index < -0.39 is 22.7 Å². The molecule has 0 heterocycles. The molecule has 0 aliphatic heterocycles. The average molecular weight is 168 g/mol. The predicted molar refractivity (Wildman–Crippen MR) is 47.2 cm³/mol. The lowest BCUT2D eigenvalue weighted by atomic mass is 9.71. The lowest BCUT2D eigenvalue weighted by Gasteiger charge is -2.36. The van der Waals surface area contributed by atoms with Gasteiger partial charge < -0.3 is 5.11 Å². The average Bonchev–Trinajstić information content (AvgIpc) is 1.83. The van der Waals surface area contributed by atoms with Crippen LogP contribution in [-0.4, -0.2) is 17.0 Å². The van der Waals surface area contributed by atoms with Gasteiger partial charge in [0.15, 0.2) is 0 Å². The number of hydrogen-bond donors (Lipinski definition) is 1. The van der Waals surface area contributed by atoms with E-state index >= 15 is 0 Å². The molecule has 4 radical (unpaired) electrons. The second-order valence-corrected chi connectivity index (χ2v) is 4.31. The Bertz CT molecular complexity index is 175. The number of ketones is 1. The topological polar surface area (TPSA) is 37.3 Å². The molecule has 0 fully saturated rings. The van der Waals surface area contributed by atoms with Crippen molar-refractivity contribution in [2.45, 2.75) is 33.8 Å². The van der Waals surface area contributed by atoms with Crippen LogP contribution in [0.1, 0.15) is 27.7 Å². The molecule has 0 rings (SSSR count). The summed E-state index contributed by atoms with van der Waals surface area (Å²) in [6, 6.07) is 0. The van der Waals surface area contributed by atoms with E-state index in [-0.39, 0.29) is 0 Å². The van der Waals surface area contributed by atoms with E-state index in [1.807, 2.05) is 0 Å². The van der Waals surface area contributed by atoms with Crippen molar-refractivity contribution in [3.8, 4) is 0 Å². The number of carbonyl (C=O) groups excluding carboxylic acids is 1. The van der Waals surface area contributed by atoms with Gasteiger partial charge in [-0.3, -0.25) is 4.79 Å². The monoisotopic (exact) mass is 168 g/mol. The molecular weight excluding hydrogens is 152 g/mol. The molecule has 1 atom stereocenters. The van der Waals surface area contributed by atoms with Crippen molar-refractivity contribution >= 4 is 5.78 Å². The Morgan fingerprint density at radius 1 is 1.33 bits per heavy atom. The minimum Gasteiger partial charge on any atom is -0.392 e. The second-order valence-electron chi connectivity index (χ2n) is 4.31. The standard InChI is InChI=1S/C10H16O2/c1-7(11)10(5,6)8(12)9(2,3)4/h1-2,8,12H,3-6H3. The smallest absolute Gasteiger partial charge is 0.145 e. The van der Waals surface area contributed by atoms with E-state index in [4.69, 9.17) is 13.8 Å². The van der Waals surface area contributed by atoms with Gasteiger partial charge >= 0.3 is 0 Å². The summed E-state index contributed by atoms with van der Waals surface area (Å²) in [5.74, 6) is -0.548. The Morgan fingerprint density at radius 3 is 1.75 bits per heavy atom. The van der Waals surface area contributed by atoms with Gasteiger partial charge in [0.2, 0.25) is 0 Å². The number of hydrogen-bond acceptors (Lipinski definition) is 2. The highest BCUT2D eigenvalue weighted by Gasteiger charge is 2.40. The first-order chi connectivity index (χ1) is 5.10. The van der Waals surface area contributed by atoms with E-state index in [0.717, 1.165) is 0 Å². The zero-order valence-corrected chi connectivity index (χ0v) is 8.09. The molecule has 2 nitrogen and oxygen atoms in total. The van der Waals surface area contributed by atoms with Crippen LogP contribution in [0.25, 0.3) is 0 Å². The minimum absolute atomic E-state index is 0.548. The molecule has 0 amide bonds. The van der Waals surface area contributed by atoms with Crippen LogP contribution in [-0.2, 0) is 4.79 Å². The van der Waals surface area contributed by atoms with Gasteiger partial charge in [-0.25, -0.2) is 0 Å². The van der Waals surface area contributed by atoms with Gasteiger partial charge in [0.1, 0.15) is 5.78 Å². The molecule has 1 unspecified atom stereocenters. The molecule has 0 aromatic rings. The molecule has 0 saturated heterocycles. The molecule has 0 saturated carbocycles. The fourth-order valence-electron chi connectivity index (χ4n) is 1.06. The van der Waals surface area contributed by atoms with Crippen molar-refractivity contribution in [3.05, 3.63) is 13.8 Å². The molecule has 2 heteroatoms. The summed E-state index contributed by atoms with van der Waals surface area (Å²) in [6.07, 6.45) is -0.942. The number of Topliss-reactive ketones (excluding diaryl/α,β-unsaturated/α-hetero) is 1. The van der Waals surface area contributed by atoms with Gasteiger partial charge in [-0.2, -0.15) is 0 Å². The molecular formula is C10H16O2. The largest absolute Gasteiger partial charge is 0.392 e. The Morgan fingerprint density at radius 2 is 1.67 bits per heavy atom. The van der Waals surface area contributed by atoms with E-state index in [1.54, 1.807) is 27.7 Å². The van der Waals surface area contributed by atoms with Crippen molar-refractivity contribution in [1.29, 1.82) is 0 Å². The summed E-state index contributed by atoms with van der Waals surface area (Å²) in [5.41, 5.74) is -1.81. The Kier molecular flexibility index (Phi) is 3.07. The number of carbonyl (C=O) groups is 1. The molecule has 0 spiro atoms. The lowest BCUT2D eigenvalue weighted by Crippen LogP contribution is -2.44. The first kappa shape index (κ1) is 11.6.